The summed E-state index contributed by atoms with van der Waals surface area (Å²) in [7, 11) is 0. The summed E-state index contributed by atoms with van der Waals surface area (Å²) >= 11 is 0. The Morgan fingerprint density at radius 1 is 1.27 bits per heavy atom. The second-order valence-electron chi connectivity index (χ2n) is 4.95. The summed E-state index contributed by atoms with van der Waals surface area (Å²) in [6.45, 7) is 13.1. The van der Waals surface area contributed by atoms with E-state index in [0.717, 1.165) is 0 Å². The summed E-state index contributed by atoms with van der Waals surface area (Å²) < 4.78 is 0. The molecule has 2 unspecified atom stereocenters. The van der Waals surface area contributed by atoms with Crippen LogP contribution in [0.2, 0.25) is 0 Å². The molecule has 2 atom stereocenters. The van der Waals surface area contributed by atoms with Crippen molar-refractivity contribution < 1.29 is 0 Å². The molecule has 15 heavy (non-hydrogen) atoms. The maximum absolute atomic E-state index is 3.82. The van der Waals surface area contributed by atoms with Crippen molar-refractivity contribution in [3.05, 3.63) is 12.7 Å². The minimum Gasteiger partial charge on any atom is -0.308 e. The highest BCUT2D eigenvalue weighted by Gasteiger charge is 2.18. The van der Waals surface area contributed by atoms with Crippen LogP contribution in [0.3, 0.4) is 0 Å². The molecule has 0 bridgehead atoms. The van der Waals surface area contributed by atoms with E-state index in [1.165, 1.54) is 32.4 Å². The Bertz CT molecular complexity index is 189. The van der Waals surface area contributed by atoms with Crippen molar-refractivity contribution in [3.8, 4) is 0 Å². The molecular formula is C13H26N2. The molecule has 1 rings (SSSR count). The van der Waals surface area contributed by atoms with Gasteiger partial charge in [0.25, 0.3) is 0 Å². The Hall–Kier alpha value is -0.340. The Balaban J connectivity index is 2.35. The van der Waals surface area contributed by atoms with Crippen LogP contribution >= 0.6 is 0 Å². The number of hydrogen-bond acceptors (Lipinski definition) is 2. The van der Waals surface area contributed by atoms with Crippen molar-refractivity contribution in [2.75, 3.05) is 13.1 Å². The largest absolute Gasteiger partial charge is 0.308 e. The maximum atomic E-state index is 3.82. The van der Waals surface area contributed by atoms with Gasteiger partial charge in [-0.25, -0.2) is 0 Å². The summed E-state index contributed by atoms with van der Waals surface area (Å²) in [6, 6.07) is 1.82. The molecule has 2 heteroatoms. The summed E-state index contributed by atoms with van der Waals surface area (Å²) in [5.74, 6) is 0. The van der Waals surface area contributed by atoms with Gasteiger partial charge in [-0.05, 0) is 53.1 Å². The van der Waals surface area contributed by atoms with Crippen LogP contribution in [0.1, 0.15) is 40.0 Å². The van der Waals surface area contributed by atoms with Gasteiger partial charge in [0.2, 0.25) is 0 Å². The number of rotatable bonds is 4. The average Bonchev–Trinajstić information content (AvgIpc) is 2.43. The maximum Gasteiger partial charge on any atom is 0.0221 e. The van der Waals surface area contributed by atoms with Crippen LogP contribution < -0.4 is 5.32 Å². The van der Waals surface area contributed by atoms with Crippen LogP contribution in [0, 0.1) is 0 Å². The van der Waals surface area contributed by atoms with Gasteiger partial charge < -0.3 is 10.2 Å². The van der Waals surface area contributed by atoms with Crippen LogP contribution in [0.25, 0.3) is 0 Å². The van der Waals surface area contributed by atoms with Crippen LogP contribution in [0.15, 0.2) is 12.7 Å². The lowest BCUT2D eigenvalue weighted by Crippen LogP contribution is -2.37. The molecule has 0 amide bonds. The van der Waals surface area contributed by atoms with Gasteiger partial charge in [-0.3, -0.25) is 0 Å². The molecule has 0 saturated carbocycles. The third-order valence-corrected chi connectivity index (χ3v) is 3.35. The fourth-order valence-electron chi connectivity index (χ4n) is 2.24. The predicted molar refractivity (Wildman–Crippen MR) is 67.1 cm³/mol. The molecule has 1 saturated heterocycles. The minimum absolute atomic E-state index is 0.445. The number of nitrogens with zero attached hydrogens (tertiary/aromatic N) is 1. The molecule has 0 aromatic rings. The number of likely N-dealkylation sites (tertiary alicyclic amines) is 1. The van der Waals surface area contributed by atoms with Gasteiger partial charge in [0.1, 0.15) is 0 Å². The zero-order valence-corrected chi connectivity index (χ0v) is 10.5. The summed E-state index contributed by atoms with van der Waals surface area (Å²) in [5, 5.41) is 3.62. The van der Waals surface area contributed by atoms with Crippen LogP contribution in [0.5, 0.6) is 0 Å². The Morgan fingerprint density at radius 2 is 2.00 bits per heavy atom. The third-order valence-electron chi connectivity index (χ3n) is 3.35. The van der Waals surface area contributed by atoms with Gasteiger partial charge in [-0.2, -0.15) is 0 Å². The Kier molecular flexibility index (Phi) is 5.34. The summed E-state index contributed by atoms with van der Waals surface area (Å²) in [6.07, 6.45) is 5.89. The zero-order chi connectivity index (χ0) is 11.3. The highest BCUT2D eigenvalue weighted by Crippen LogP contribution is 2.13. The Labute approximate surface area is 94.7 Å². The fraction of sp³-hybridized carbons (Fsp3) is 0.846. The second-order valence-corrected chi connectivity index (χ2v) is 4.95. The number of hydrogen-bond donors (Lipinski definition) is 1. The fourth-order valence-corrected chi connectivity index (χ4v) is 2.24. The molecule has 1 aliphatic rings. The van der Waals surface area contributed by atoms with E-state index in [-0.39, 0.29) is 0 Å². The lowest BCUT2D eigenvalue weighted by Gasteiger charge is -2.24. The van der Waals surface area contributed by atoms with Crippen molar-refractivity contribution in [1.29, 1.82) is 0 Å². The first-order valence-corrected chi connectivity index (χ1v) is 6.26. The lowest BCUT2D eigenvalue weighted by molar-refractivity contribution is 0.228. The normalized spacial score (nSPS) is 26.3. The molecule has 1 heterocycles. The summed E-state index contributed by atoms with van der Waals surface area (Å²) in [5.41, 5.74) is 0. The molecule has 0 radical (unpaired) electrons. The summed E-state index contributed by atoms with van der Waals surface area (Å²) in [4.78, 5) is 2.58. The molecule has 1 aliphatic heterocycles. The van der Waals surface area contributed by atoms with Crippen molar-refractivity contribution in [2.45, 2.75) is 58.2 Å². The molecule has 0 aromatic carbocycles. The smallest absolute Gasteiger partial charge is 0.0221 e. The number of nitrogens with one attached hydrogen (secondary N) is 1. The first-order valence-electron chi connectivity index (χ1n) is 6.26. The highest BCUT2D eigenvalue weighted by molar-refractivity contribution is 4.86. The molecule has 88 valence electrons. The first-order chi connectivity index (χ1) is 7.13. The molecular weight excluding hydrogens is 184 g/mol. The SMILES string of the molecule is C=CC(C)NC1CCCN(C(C)C)CC1. The van der Waals surface area contributed by atoms with E-state index in [2.05, 4.69) is 37.6 Å². The van der Waals surface area contributed by atoms with E-state index in [9.17, 15) is 0 Å². The van der Waals surface area contributed by atoms with E-state index >= 15 is 0 Å². The van der Waals surface area contributed by atoms with E-state index < -0.39 is 0 Å². The van der Waals surface area contributed by atoms with Crippen LogP contribution in [0.4, 0.5) is 0 Å². The lowest BCUT2D eigenvalue weighted by atomic mass is 10.1. The van der Waals surface area contributed by atoms with Gasteiger partial charge in [0, 0.05) is 18.1 Å². The predicted octanol–water partition coefficient (Wildman–Crippen LogP) is 2.41. The molecule has 0 aromatic heterocycles. The zero-order valence-electron chi connectivity index (χ0n) is 10.5. The van der Waals surface area contributed by atoms with Crippen molar-refractivity contribution >= 4 is 0 Å². The van der Waals surface area contributed by atoms with Crippen molar-refractivity contribution in [3.63, 3.8) is 0 Å². The van der Waals surface area contributed by atoms with E-state index in [1.54, 1.807) is 0 Å². The average molecular weight is 210 g/mol. The molecule has 2 nitrogen and oxygen atoms in total. The van der Waals surface area contributed by atoms with Gasteiger partial charge in [-0.1, -0.05) is 6.08 Å². The van der Waals surface area contributed by atoms with Gasteiger partial charge in [0.05, 0.1) is 0 Å². The van der Waals surface area contributed by atoms with E-state index in [4.69, 9.17) is 0 Å². The van der Waals surface area contributed by atoms with E-state index in [1.807, 2.05) is 6.08 Å². The van der Waals surface area contributed by atoms with Gasteiger partial charge >= 0.3 is 0 Å². The quantitative estimate of drug-likeness (QED) is 0.717. The van der Waals surface area contributed by atoms with E-state index in [0.29, 0.717) is 18.1 Å². The topological polar surface area (TPSA) is 15.3 Å². The molecule has 1 N–H and O–H groups in total. The van der Waals surface area contributed by atoms with Crippen LogP contribution in [-0.4, -0.2) is 36.1 Å². The standard InChI is InChI=1S/C13H26N2/c1-5-12(4)14-13-7-6-9-15(10-8-13)11(2)3/h5,11-14H,1,6-10H2,2-4H3. The third kappa shape index (κ3) is 4.35. The Morgan fingerprint density at radius 3 is 2.60 bits per heavy atom. The molecule has 1 fully saturated rings. The second kappa shape index (κ2) is 6.29. The molecule has 0 aliphatic carbocycles. The van der Waals surface area contributed by atoms with Gasteiger partial charge in [0.15, 0.2) is 0 Å². The molecule has 0 spiro atoms. The monoisotopic (exact) mass is 210 g/mol. The van der Waals surface area contributed by atoms with Crippen LogP contribution in [-0.2, 0) is 0 Å². The first kappa shape index (κ1) is 12.7. The van der Waals surface area contributed by atoms with Crippen molar-refractivity contribution in [2.24, 2.45) is 0 Å². The van der Waals surface area contributed by atoms with Crippen molar-refractivity contribution in [1.82, 2.24) is 10.2 Å². The van der Waals surface area contributed by atoms with Gasteiger partial charge in [-0.15, -0.1) is 6.58 Å². The highest BCUT2D eigenvalue weighted by atomic mass is 15.1. The minimum atomic E-state index is 0.445.